The van der Waals surface area contributed by atoms with Crippen molar-refractivity contribution in [1.82, 2.24) is 5.43 Å². The highest BCUT2D eigenvalue weighted by molar-refractivity contribution is 6.36. The largest absolute Gasteiger partial charge is 0.469 e. The van der Waals surface area contributed by atoms with Gasteiger partial charge < -0.3 is 4.42 Å². The maximum atomic E-state index is 11.7. The zero-order chi connectivity index (χ0) is 13.8. The first-order valence-electron chi connectivity index (χ1n) is 5.40. The van der Waals surface area contributed by atoms with Crippen molar-refractivity contribution in [2.45, 2.75) is 6.92 Å². The van der Waals surface area contributed by atoms with Crippen molar-refractivity contribution in [3.8, 4) is 0 Å². The number of carbonyl (C=O) groups is 1. The van der Waals surface area contributed by atoms with Crippen LogP contribution in [0.3, 0.4) is 0 Å². The van der Waals surface area contributed by atoms with E-state index in [0.29, 0.717) is 26.9 Å². The maximum absolute atomic E-state index is 11.7. The van der Waals surface area contributed by atoms with E-state index in [1.807, 2.05) is 0 Å². The van der Waals surface area contributed by atoms with Gasteiger partial charge in [-0.1, -0.05) is 29.3 Å². The lowest BCUT2D eigenvalue weighted by atomic mass is 10.2. The standard InChI is InChI=1S/C13H10Cl2N2O2/c1-8-11(4-5-19-8)13(18)17-16-7-9-2-3-10(14)6-12(9)15/h2-7H,1H3,(H,17,18)/b16-7-. The summed E-state index contributed by atoms with van der Waals surface area (Å²) >= 11 is 11.7. The lowest BCUT2D eigenvalue weighted by Crippen LogP contribution is -2.17. The summed E-state index contributed by atoms with van der Waals surface area (Å²) < 4.78 is 5.03. The number of furan rings is 1. The number of hydrazone groups is 1. The van der Waals surface area contributed by atoms with E-state index in [1.54, 1.807) is 31.2 Å². The summed E-state index contributed by atoms with van der Waals surface area (Å²) in [5, 5.41) is 4.84. The van der Waals surface area contributed by atoms with Crippen LogP contribution < -0.4 is 5.43 Å². The fraction of sp³-hybridized carbons (Fsp3) is 0.0769. The minimum atomic E-state index is -0.340. The van der Waals surface area contributed by atoms with E-state index in [9.17, 15) is 4.79 Å². The first-order valence-corrected chi connectivity index (χ1v) is 6.16. The molecule has 0 bridgehead atoms. The Bertz CT molecular complexity index is 635. The highest BCUT2D eigenvalue weighted by Gasteiger charge is 2.09. The number of halogens is 2. The van der Waals surface area contributed by atoms with E-state index in [1.165, 1.54) is 12.5 Å². The van der Waals surface area contributed by atoms with Crippen molar-refractivity contribution in [1.29, 1.82) is 0 Å². The summed E-state index contributed by atoms with van der Waals surface area (Å²) in [6.07, 6.45) is 2.90. The zero-order valence-electron chi connectivity index (χ0n) is 9.98. The Labute approximate surface area is 120 Å². The predicted molar refractivity (Wildman–Crippen MR) is 75.0 cm³/mol. The molecule has 0 saturated heterocycles. The van der Waals surface area contributed by atoms with E-state index in [0.717, 1.165) is 0 Å². The summed E-state index contributed by atoms with van der Waals surface area (Å²) in [4.78, 5) is 11.7. The molecule has 0 aliphatic rings. The number of benzene rings is 1. The molecule has 0 aliphatic heterocycles. The molecule has 0 fully saturated rings. The SMILES string of the molecule is Cc1occc1C(=O)N/N=C\c1ccc(Cl)cc1Cl. The lowest BCUT2D eigenvalue weighted by Gasteiger charge is -1.99. The maximum Gasteiger partial charge on any atom is 0.274 e. The van der Waals surface area contributed by atoms with Gasteiger partial charge in [0.05, 0.1) is 23.1 Å². The van der Waals surface area contributed by atoms with Gasteiger partial charge in [-0.15, -0.1) is 0 Å². The molecule has 1 heterocycles. The predicted octanol–water partition coefficient (Wildman–Crippen LogP) is 3.66. The number of amides is 1. The molecule has 6 heteroatoms. The van der Waals surface area contributed by atoms with Crippen LogP contribution in [-0.4, -0.2) is 12.1 Å². The van der Waals surface area contributed by atoms with Gasteiger partial charge in [0.25, 0.3) is 5.91 Å². The topological polar surface area (TPSA) is 54.6 Å². The number of hydrogen-bond acceptors (Lipinski definition) is 3. The molecule has 19 heavy (non-hydrogen) atoms. The van der Waals surface area contributed by atoms with Gasteiger partial charge in [-0.2, -0.15) is 5.10 Å². The van der Waals surface area contributed by atoms with Crippen LogP contribution in [0.25, 0.3) is 0 Å². The highest BCUT2D eigenvalue weighted by Crippen LogP contribution is 2.19. The van der Waals surface area contributed by atoms with Crippen LogP contribution in [0, 0.1) is 6.92 Å². The van der Waals surface area contributed by atoms with Crippen LogP contribution in [0.15, 0.2) is 40.0 Å². The van der Waals surface area contributed by atoms with Gasteiger partial charge in [0.1, 0.15) is 5.76 Å². The molecule has 98 valence electrons. The third-order valence-corrected chi connectivity index (χ3v) is 3.00. The van der Waals surface area contributed by atoms with Crippen LogP contribution in [0.5, 0.6) is 0 Å². The normalized spacial score (nSPS) is 10.9. The second-order valence-electron chi connectivity index (χ2n) is 3.76. The summed E-state index contributed by atoms with van der Waals surface area (Å²) in [5.41, 5.74) is 3.50. The molecule has 0 unspecified atom stereocenters. The Hall–Kier alpha value is -1.78. The van der Waals surface area contributed by atoms with E-state index in [2.05, 4.69) is 10.5 Å². The molecule has 4 nitrogen and oxygen atoms in total. The molecule has 1 aromatic carbocycles. The Morgan fingerprint density at radius 1 is 1.37 bits per heavy atom. The molecule has 0 saturated carbocycles. The van der Waals surface area contributed by atoms with E-state index >= 15 is 0 Å². The number of aryl methyl sites for hydroxylation is 1. The molecule has 2 aromatic rings. The van der Waals surface area contributed by atoms with Crippen molar-refractivity contribution in [2.24, 2.45) is 5.10 Å². The second kappa shape index (κ2) is 5.91. The third-order valence-electron chi connectivity index (χ3n) is 2.44. The highest BCUT2D eigenvalue weighted by atomic mass is 35.5. The van der Waals surface area contributed by atoms with Gasteiger partial charge in [0, 0.05) is 10.6 Å². The Kier molecular flexibility index (Phi) is 4.24. The van der Waals surface area contributed by atoms with Crippen molar-refractivity contribution in [3.05, 3.63) is 57.5 Å². The van der Waals surface area contributed by atoms with Crippen LogP contribution in [-0.2, 0) is 0 Å². The van der Waals surface area contributed by atoms with E-state index in [4.69, 9.17) is 27.6 Å². The average molecular weight is 297 g/mol. The van der Waals surface area contributed by atoms with Crippen molar-refractivity contribution in [3.63, 3.8) is 0 Å². The van der Waals surface area contributed by atoms with Gasteiger partial charge >= 0.3 is 0 Å². The van der Waals surface area contributed by atoms with Crippen LogP contribution >= 0.6 is 23.2 Å². The summed E-state index contributed by atoms with van der Waals surface area (Å²) in [6.45, 7) is 1.70. The molecule has 1 N–H and O–H groups in total. The fourth-order valence-corrected chi connectivity index (χ4v) is 1.90. The third kappa shape index (κ3) is 3.36. The van der Waals surface area contributed by atoms with Gasteiger partial charge in [-0.3, -0.25) is 4.79 Å². The molecule has 1 amide bonds. The number of nitrogens with zero attached hydrogens (tertiary/aromatic N) is 1. The molecular weight excluding hydrogens is 287 g/mol. The molecule has 0 spiro atoms. The van der Waals surface area contributed by atoms with Crippen LogP contribution in [0.4, 0.5) is 0 Å². The first-order chi connectivity index (χ1) is 9.08. The molecule has 1 aromatic heterocycles. The number of nitrogens with one attached hydrogen (secondary N) is 1. The smallest absolute Gasteiger partial charge is 0.274 e. The van der Waals surface area contributed by atoms with Crippen LogP contribution in [0.2, 0.25) is 10.0 Å². The number of carbonyl (C=O) groups excluding carboxylic acids is 1. The fourth-order valence-electron chi connectivity index (χ4n) is 1.45. The number of rotatable bonds is 3. The van der Waals surface area contributed by atoms with Crippen molar-refractivity contribution < 1.29 is 9.21 Å². The molecule has 0 aliphatic carbocycles. The van der Waals surface area contributed by atoms with Crippen molar-refractivity contribution >= 4 is 35.3 Å². The average Bonchev–Trinajstić information content (AvgIpc) is 2.78. The first kappa shape index (κ1) is 13.6. The van der Waals surface area contributed by atoms with Gasteiger partial charge in [-0.05, 0) is 25.1 Å². The lowest BCUT2D eigenvalue weighted by molar-refractivity contribution is 0.0953. The minimum Gasteiger partial charge on any atom is -0.469 e. The molecule has 0 atom stereocenters. The Morgan fingerprint density at radius 3 is 2.79 bits per heavy atom. The quantitative estimate of drug-likeness (QED) is 0.694. The summed E-state index contributed by atoms with van der Waals surface area (Å²) in [6, 6.07) is 6.59. The van der Waals surface area contributed by atoms with Gasteiger partial charge in [-0.25, -0.2) is 5.43 Å². The van der Waals surface area contributed by atoms with E-state index in [-0.39, 0.29) is 5.91 Å². The summed E-state index contributed by atoms with van der Waals surface area (Å²) in [5.74, 6) is 0.199. The van der Waals surface area contributed by atoms with Gasteiger partial charge in [0.2, 0.25) is 0 Å². The van der Waals surface area contributed by atoms with Gasteiger partial charge in [0.15, 0.2) is 0 Å². The van der Waals surface area contributed by atoms with Crippen LogP contribution in [0.1, 0.15) is 21.7 Å². The monoisotopic (exact) mass is 296 g/mol. The minimum absolute atomic E-state index is 0.340. The molecule has 2 rings (SSSR count). The Morgan fingerprint density at radius 2 is 2.16 bits per heavy atom. The second-order valence-corrected chi connectivity index (χ2v) is 4.60. The summed E-state index contributed by atoms with van der Waals surface area (Å²) in [7, 11) is 0. The van der Waals surface area contributed by atoms with Crippen molar-refractivity contribution in [2.75, 3.05) is 0 Å². The zero-order valence-corrected chi connectivity index (χ0v) is 11.5. The number of hydrogen-bond donors (Lipinski definition) is 1. The molecular formula is C13H10Cl2N2O2. The Balaban J connectivity index is 2.04. The molecule has 0 radical (unpaired) electrons. The van der Waals surface area contributed by atoms with E-state index < -0.39 is 0 Å².